The van der Waals surface area contributed by atoms with E-state index in [1.54, 1.807) is 14.0 Å². The zero-order valence-electron chi connectivity index (χ0n) is 11.0. The summed E-state index contributed by atoms with van der Waals surface area (Å²) in [4.78, 5) is 23.2. The van der Waals surface area contributed by atoms with Gasteiger partial charge in [-0.05, 0) is 13.3 Å². The highest BCUT2D eigenvalue weighted by molar-refractivity contribution is 5.75. The Kier molecular flexibility index (Phi) is 5.43. The predicted octanol–water partition coefficient (Wildman–Crippen LogP) is 0.411. The fourth-order valence-corrected chi connectivity index (χ4v) is 1.48. The van der Waals surface area contributed by atoms with Crippen LogP contribution in [0, 0.1) is 10.1 Å². The molecule has 0 aromatic carbocycles. The number of carbonyl (C=O) groups is 1. The number of aryl methyl sites for hydroxylation is 1. The molecule has 0 aliphatic heterocycles. The average Bonchev–Trinajstić information content (AvgIpc) is 2.81. The van der Waals surface area contributed by atoms with Crippen molar-refractivity contribution in [3.05, 3.63) is 22.5 Å². The Morgan fingerprint density at radius 2 is 2.37 bits per heavy atom. The zero-order valence-corrected chi connectivity index (χ0v) is 11.0. The van der Waals surface area contributed by atoms with Crippen molar-refractivity contribution in [3.63, 3.8) is 0 Å². The molecule has 0 saturated carbocycles. The highest BCUT2D eigenvalue weighted by Gasteiger charge is 2.12. The van der Waals surface area contributed by atoms with Gasteiger partial charge in [0.15, 0.2) is 0 Å². The van der Waals surface area contributed by atoms with Crippen LogP contribution in [0.2, 0.25) is 0 Å². The van der Waals surface area contributed by atoms with Crippen LogP contribution in [0.3, 0.4) is 0 Å². The molecule has 1 unspecified atom stereocenters. The number of hydrogen-bond acceptors (Lipinski definition) is 5. The number of aliphatic hydroxyl groups excluding tert-OH is 1. The standard InChI is InChI=1S/C11H18N4O4/c1-9(16)3-5-13(2)11(17)4-6-14-8-10(7-12-14)15(18)19/h7-9,16H,3-6H2,1-2H3. The van der Waals surface area contributed by atoms with Gasteiger partial charge in [0.05, 0.1) is 11.0 Å². The summed E-state index contributed by atoms with van der Waals surface area (Å²) in [6.45, 7) is 2.45. The van der Waals surface area contributed by atoms with Crippen molar-refractivity contribution in [2.24, 2.45) is 0 Å². The molecule has 106 valence electrons. The molecule has 1 heterocycles. The summed E-state index contributed by atoms with van der Waals surface area (Å²) in [7, 11) is 1.66. The summed E-state index contributed by atoms with van der Waals surface area (Å²) in [6.07, 6.45) is 2.75. The Bertz CT molecular complexity index is 444. The number of hydrogen-bond donors (Lipinski definition) is 1. The lowest BCUT2D eigenvalue weighted by Crippen LogP contribution is -2.30. The van der Waals surface area contributed by atoms with Crippen molar-refractivity contribution in [2.75, 3.05) is 13.6 Å². The minimum Gasteiger partial charge on any atom is -0.393 e. The van der Waals surface area contributed by atoms with Crippen LogP contribution in [0.5, 0.6) is 0 Å². The summed E-state index contributed by atoms with van der Waals surface area (Å²) in [5.41, 5.74) is -0.0880. The summed E-state index contributed by atoms with van der Waals surface area (Å²) >= 11 is 0. The van der Waals surface area contributed by atoms with Gasteiger partial charge in [0.2, 0.25) is 5.91 Å². The van der Waals surface area contributed by atoms with Crippen molar-refractivity contribution < 1.29 is 14.8 Å². The molecule has 8 nitrogen and oxygen atoms in total. The minimum atomic E-state index is -0.528. The van der Waals surface area contributed by atoms with Crippen LogP contribution in [0.1, 0.15) is 19.8 Å². The largest absolute Gasteiger partial charge is 0.393 e. The fourth-order valence-electron chi connectivity index (χ4n) is 1.48. The summed E-state index contributed by atoms with van der Waals surface area (Å²) in [5.74, 6) is -0.0844. The third-order valence-electron chi connectivity index (χ3n) is 2.69. The van der Waals surface area contributed by atoms with Gasteiger partial charge in [-0.25, -0.2) is 0 Å². The van der Waals surface area contributed by atoms with Crippen molar-refractivity contribution in [1.29, 1.82) is 0 Å². The maximum atomic E-state index is 11.7. The van der Waals surface area contributed by atoms with E-state index in [0.29, 0.717) is 19.5 Å². The second kappa shape index (κ2) is 6.83. The molecular formula is C11H18N4O4. The van der Waals surface area contributed by atoms with E-state index < -0.39 is 11.0 Å². The van der Waals surface area contributed by atoms with E-state index in [1.807, 2.05) is 0 Å². The molecule has 0 aliphatic rings. The first kappa shape index (κ1) is 15.1. The van der Waals surface area contributed by atoms with Crippen molar-refractivity contribution in [1.82, 2.24) is 14.7 Å². The Hall–Kier alpha value is -1.96. The van der Waals surface area contributed by atoms with Gasteiger partial charge in [-0.1, -0.05) is 0 Å². The van der Waals surface area contributed by atoms with Crippen molar-refractivity contribution >= 4 is 11.6 Å². The lowest BCUT2D eigenvalue weighted by Gasteiger charge is -2.17. The molecule has 0 saturated heterocycles. The van der Waals surface area contributed by atoms with Crippen LogP contribution >= 0.6 is 0 Å². The molecule has 1 aromatic heterocycles. The van der Waals surface area contributed by atoms with E-state index in [9.17, 15) is 14.9 Å². The normalized spacial score (nSPS) is 12.2. The van der Waals surface area contributed by atoms with Gasteiger partial charge in [0.1, 0.15) is 12.4 Å². The molecule has 0 radical (unpaired) electrons. The molecule has 1 amide bonds. The Balaban J connectivity index is 2.38. The maximum absolute atomic E-state index is 11.7. The third kappa shape index (κ3) is 5.04. The van der Waals surface area contributed by atoms with Crippen LogP contribution in [0.15, 0.2) is 12.4 Å². The van der Waals surface area contributed by atoms with E-state index in [4.69, 9.17) is 5.11 Å². The number of amides is 1. The minimum absolute atomic E-state index is 0.0844. The third-order valence-corrected chi connectivity index (χ3v) is 2.69. The fraction of sp³-hybridized carbons (Fsp3) is 0.636. The Morgan fingerprint density at radius 3 is 2.89 bits per heavy atom. The van der Waals surface area contributed by atoms with E-state index in [-0.39, 0.29) is 18.0 Å². The van der Waals surface area contributed by atoms with Gasteiger partial charge in [-0.3, -0.25) is 19.6 Å². The SMILES string of the molecule is CC(O)CCN(C)C(=O)CCn1cc([N+](=O)[O-])cn1. The van der Waals surface area contributed by atoms with Gasteiger partial charge >= 0.3 is 5.69 Å². The van der Waals surface area contributed by atoms with Crippen molar-refractivity contribution in [2.45, 2.75) is 32.4 Å². The first-order chi connectivity index (χ1) is 8.90. The molecule has 0 spiro atoms. The molecule has 1 N–H and O–H groups in total. The quantitative estimate of drug-likeness (QED) is 0.571. The molecule has 1 aromatic rings. The molecule has 1 atom stereocenters. The first-order valence-electron chi connectivity index (χ1n) is 5.99. The molecule has 0 aliphatic carbocycles. The van der Waals surface area contributed by atoms with Crippen LogP contribution < -0.4 is 0 Å². The lowest BCUT2D eigenvalue weighted by atomic mass is 10.2. The van der Waals surface area contributed by atoms with Crippen LogP contribution in [0.4, 0.5) is 5.69 Å². The summed E-state index contributed by atoms with van der Waals surface area (Å²) < 4.78 is 1.37. The molecule has 0 bridgehead atoms. The predicted molar refractivity (Wildman–Crippen MR) is 67.4 cm³/mol. The van der Waals surface area contributed by atoms with Crippen molar-refractivity contribution in [3.8, 4) is 0 Å². The lowest BCUT2D eigenvalue weighted by molar-refractivity contribution is -0.385. The van der Waals surface area contributed by atoms with Crippen LogP contribution in [-0.4, -0.2) is 50.3 Å². The first-order valence-corrected chi connectivity index (χ1v) is 5.99. The number of carbonyl (C=O) groups excluding carboxylic acids is 1. The topological polar surface area (TPSA) is 102 Å². The summed E-state index contributed by atoms with van der Waals surface area (Å²) in [5, 5.41) is 23.4. The average molecular weight is 270 g/mol. The number of nitrogens with zero attached hydrogens (tertiary/aromatic N) is 4. The van der Waals surface area contributed by atoms with Crippen LogP contribution in [0.25, 0.3) is 0 Å². The molecule has 8 heteroatoms. The van der Waals surface area contributed by atoms with Gasteiger partial charge < -0.3 is 10.0 Å². The molecule has 0 fully saturated rings. The number of nitro groups is 1. The van der Waals surface area contributed by atoms with E-state index in [2.05, 4.69) is 5.10 Å². The number of rotatable bonds is 7. The summed E-state index contributed by atoms with van der Waals surface area (Å²) in [6, 6.07) is 0. The second-order valence-corrected chi connectivity index (χ2v) is 4.42. The second-order valence-electron chi connectivity index (χ2n) is 4.42. The van der Waals surface area contributed by atoms with E-state index >= 15 is 0 Å². The molecular weight excluding hydrogens is 252 g/mol. The highest BCUT2D eigenvalue weighted by atomic mass is 16.6. The molecule has 19 heavy (non-hydrogen) atoms. The highest BCUT2D eigenvalue weighted by Crippen LogP contribution is 2.08. The Labute approximate surface area is 110 Å². The van der Waals surface area contributed by atoms with Gasteiger partial charge in [-0.15, -0.1) is 0 Å². The number of aromatic nitrogens is 2. The smallest absolute Gasteiger partial charge is 0.306 e. The molecule has 1 rings (SSSR count). The zero-order chi connectivity index (χ0) is 14.4. The van der Waals surface area contributed by atoms with Gasteiger partial charge in [0, 0.05) is 26.6 Å². The monoisotopic (exact) mass is 270 g/mol. The maximum Gasteiger partial charge on any atom is 0.306 e. The number of aliphatic hydroxyl groups is 1. The van der Waals surface area contributed by atoms with E-state index in [1.165, 1.54) is 15.8 Å². The van der Waals surface area contributed by atoms with Gasteiger partial charge in [0.25, 0.3) is 0 Å². The van der Waals surface area contributed by atoms with E-state index in [0.717, 1.165) is 6.20 Å². The van der Waals surface area contributed by atoms with Crippen LogP contribution in [-0.2, 0) is 11.3 Å². The van der Waals surface area contributed by atoms with Gasteiger partial charge in [-0.2, -0.15) is 5.10 Å². The Morgan fingerprint density at radius 1 is 1.68 bits per heavy atom.